The minimum atomic E-state index is -1.00. The number of nitrogens with zero attached hydrogens (tertiary/aromatic N) is 1. The standard InChI is InChI=1S/C18H18BrFN2O2S/c1-11-8-13(19)6-7-15(11)25-10-16(23)22(2)17(18(21)24)12-4-3-5-14(20)9-12/h3-9,17H,10H2,1-2H3,(H2,21,24). The Morgan fingerprint density at radius 1 is 1.28 bits per heavy atom. The first kappa shape index (κ1) is 19.5. The van der Waals surface area contributed by atoms with Crippen LogP contribution in [0, 0.1) is 12.7 Å². The normalized spacial score (nSPS) is 11.8. The SMILES string of the molecule is Cc1cc(Br)ccc1SCC(=O)N(C)C(C(N)=O)c1cccc(F)c1. The van der Waals surface area contributed by atoms with Crippen molar-refractivity contribution in [2.75, 3.05) is 12.8 Å². The molecule has 4 nitrogen and oxygen atoms in total. The van der Waals surface area contributed by atoms with Gasteiger partial charge in [-0.15, -0.1) is 11.8 Å². The van der Waals surface area contributed by atoms with E-state index >= 15 is 0 Å². The summed E-state index contributed by atoms with van der Waals surface area (Å²) in [6, 6.07) is 10.3. The number of primary amides is 1. The van der Waals surface area contributed by atoms with Crippen LogP contribution in [0.2, 0.25) is 0 Å². The lowest BCUT2D eigenvalue weighted by molar-refractivity contribution is -0.136. The molecule has 0 fully saturated rings. The third-order valence-electron chi connectivity index (χ3n) is 3.70. The molecule has 0 aromatic heterocycles. The molecule has 0 bridgehead atoms. The highest BCUT2D eigenvalue weighted by Crippen LogP contribution is 2.27. The minimum absolute atomic E-state index is 0.151. The molecule has 132 valence electrons. The van der Waals surface area contributed by atoms with Gasteiger partial charge < -0.3 is 10.6 Å². The number of likely N-dealkylation sites (N-methyl/N-ethyl adjacent to an activating group) is 1. The van der Waals surface area contributed by atoms with Crippen LogP contribution in [-0.4, -0.2) is 29.5 Å². The smallest absolute Gasteiger partial charge is 0.244 e. The Balaban J connectivity index is 2.12. The largest absolute Gasteiger partial charge is 0.368 e. The molecule has 7 heteroatoms. The molecule has 0 aliphatic rings. The van der Waals surface area contributed by atoms with Crippen LogP contribution < -0.4 is 5.73 Å². The average molecular weight is 425 g/mol. The summed E-state index contributed by atoms with van der Waals surface area (Å²) in [6.45, 7) is 1.96. The number of benzene rings is 2. The first-order chi connectivity index (χ1) is 11.8. The molecule has 0 saturated heterocycles. The molecule has 2 aromatic rings. The second kappa shape index (κ2) is 8.49. The predicted molar refractivity (Wildman–Crippen MR) is 101 cm³/mol. The van der Waals surface area contributed by atoms with E-state index in [1.54, 1.807) is 6.07 Å². The lowest BCUT2D eigenvalue weighted by Crippen LogP contribution is -2.40. The molecule has 1 atom stereocenters. The maximum Gasteiger partial charge on any atom is 0.244 e. The van der Waals surface area contributed by atoms with Crippen LogP contribution >= 0.6 is 27.7 Å². The summed E-state index contributed by atoms with van der Waals surface area (Å²) in [5.41, 5.74) is 6.84. The van der Waals surface area contributed by atoms with Gasteiger partial charge in [-0.05, 0) is 48.4 Å². The van der Waals surface area contributed by atoms with Crippen LogP contribution in [0.1, 0.15) is 17.2 Å². The maximum absolute atomic E-state index is 13.4. The fourth-order valence-electron chi connectivity index (χ4n) is 2.42. The third kappa shape index (κ3) is 5.06. The third-order valence-corrected chi connectivity index (χ3v) is 5.36. The molecule has 0 radical (unpaired) electrons. The van der Waals surface area contributed by atoms with Gasteiger partial charge in [0.2, 0.25) is 11.8 Å². The van der Waals surface area contributed by atoms with E-state index in [0.29, 0.717) is 5.56 Å². The number of amides is 2. The summed E-state index contributed by atoms with van der Waals surface area (Å²) in [4.78, 5) is 26.6. The summed E-state index contributed by atoms with van der Waals surface area (Å²) in [5, 5.41) is 0. The van der Waals surface area contributed by atoms with E-state index in [2.05, 4.69) is 15.9 Å². The number of carbonyl (C=O) groups is 2. The molecule has 2 rings (SSSR count). The van der Waals surface area contributed by atoms with Crippen molar-refractivity contribution in [1.29, 1.82) is 0 Å². The van der Waals surface area contributed by atoms with Crippen molar-refractivity contribution < 1.29 is 14.0 Å². The Morgan fingerprint density at radius 2 is 2.00 bits per heavy atom. The second-order valence-corrected chi connectivity index (χ2v) is 7.50. The predicted octanol–water partition coefficient (Wildman–Crippen LogP) is 3.67. The van der Waals surface area contributed by atoms with E-state index in [1.807, 2.05) is 25.1 Å². The fourth-order valence-corrected chi connectivity index (χ4v) is 3.82. The van der Waals surface area contributed by atoms with Crippen molar-refractivity contribution in [3.63, 3.8) is 0 Å². The van der Waals surface area contributed by atoms with Crippen LogP contribution in [-0.2, 0) is 9.59 Å². The molecule has 25 heavy (non-hydrogen) atoms. The zero-order chi connectivity index (χ0) is 18.6. The van der Waals surface area contributed by atoms with Crippen LogP contribution in [0.3, 0.4) is 0 Å². The van der Waals surface area contributed by atoms with Crippen molar-refractivity contribution in [1.82, 2.24) is 4.90 Å². The van der Waals surface area contributed by atoms with Gasteiger partial charge in [0.05, 0.1) is 5.75 Å². The number of carbonyl (C=O) groups excluding carboxylic acids is 2. The molecule has 0 aliphatic carbocycles. The Morgan fingerprint density at radius 3 is 2.60 bits per heavy atom. The van der Waals surface area contributed by atoms with Gasteiger partial charge in [0.1, 0.15) is 11.9 Å². The molecular weight excluding hydrogens is 407 g/mol. The topological polar surface area (TPSA) is 63.4 Å². The summed E-state index contributed by atoms with van der Waals surface area (Å²) < 4.78 is 14.4. The van der Waals surface area contributed by atoms with Gasteiger partial charge in [0.25, 0.3) is 0 Å². The van der Waals surface area contributed by atoms with Gasteiger partial charge in [-0.25, -0.2) is 4.39 Å². The van der Waals surface area contributed by atoms with Crippen molar-refractivity contribution in [3.8, 4) is 0 Å². The van der Waals surface area contributed by atoms with Crippen LogP contribution in [0.4, 0.5) is 4.39 Å². The average Bonchev–Trinajstić information content (AvgIpc) is 2.53. The summed E-state index contributed by atoms with van der Waals surface area (Å²) in [6.07, 6.45) is 0. The Bertz CT molecular complexity index is 800. The minimum Gasteiger partial charge on any atom is -0.368 e. The molecule has 1 unspecified atom stereocenters. The summed E-state index contributed by atoms with van der Waals surface area (Å²) in [7, 11) is 1.50. The van der Waals surface area contributed by atoms with E-state index < -0.39 is 17.8 Å². The molecule has 0 spiro atoms. The van der Waals surface area contributed by atoms with Crippen molar-refractivity contribution >= 4 is 39.5 Å². The van der Waals surface area contributed by atoms with Crippen LogP contribution in [0.5, 0.6) is 0 Å². The number of nitrogens with two attached hydrogens (primary N) is 1. The van der Waals surface area contributed by atoms with Crippen LogP contribution in [0.25, 0.3) is 0 Å². The number of rotatable bonds is 6. The highest BCUT2D eigenvalue weighted by molar-refractivity contribution is 9.10. The monoisotopic (exact) mass is 424 g/mol. The van der Waals surface area contributed by atoms with E-state index in [4.69, 9.17) is 5.73 Å². The number of hydrogen-bond acceptors (Lipinski definition) is 3. The van der Waals surface area contributed by atoms with Crippen molar-refractivity contribution in [2.24, 2.45) is 5.73 Å². The quantitative estimate of drug-likeness (QED) is 0.719. The lowest BCUT2D eigenvalue weighted by atomic mass is 10.0. The van der Waals surface area contributed by atoms with Gasteiger partial charge in [-0.1, -0.05) is 28.1 Å². The van der Waals surface area contributed by atoms with E-state index in [-0.39, 0.29) is 11.7 Å². The molecule has 0 heterocycles. The zero-order valence-electron chi connectivity index (χ0n) is 13.8. The summed E-state index contributed by atoms with van der Waals surface area (Å²) in [5.74, 6) is -1.30. The highest BCUT2D eigenvalue weighted by atomic mass is 79.9. The maximum atomic E-state index is 13.4. The van der Waals surface area contributed by atoms with E-state index in [9.17, 15) is 14.0 Å². The summed E-state index contributed by atoms with van der Waals surface area (Å²) >= 11 is 4.78. The van der Waals surface area contributed by atoms with Gasteiger partial charge in [0.15, 0.2) is 0 Å². The zero-order valence-corrected chi connectivity index (χ0v) is 16.2. The molecule has 2 N–H and O–H groups in total. The van der Waals surface area contributed by atoms with Crippen molar-refractivity contribution in [3.05, 3.63) is 63.9 Å². The van der Waals surface area contributed by atoms with Crippen molar-refractivity contribution in [2.45, 2.75) is 17.9 Å². The van der Waals surface area contributed by atoms with Gasteiger partial charge in [-0.2, -0.15) is 0 Å². The molecule has 0 saturated carbocycles. The van der Waals surface area contributed by atoms with E-state index in [1.165, 1.54) is 41.9 Å². The molecular formula is C18H18BrFN2O2S. The Labute approximate surface area is 158 Å². The first-order valence-corrected chi connectivity index (χ1v) is 9.27. The molecule has 2 aromatic carbocycles. The van der Waals surface area contributed by atoms with Gasteiger partial charge in [-0.3, -0.25) is 9.59 Å². The Kier molecular flexibility index (Phi) is 6.61. The van der Waals surface area contributed by atoms with Gasteiger partial charge >= 0.3 is 0 Å². The van der Waals surface area contributed by atoms with Crippen LogP contribution in [0.15, 0.2) is 51.8 Å². The number of halogens is 2. The second-order valence-electron chi connectivity index (χ2n) is 5.56. The number of hydrogen-bond donors (Lipinski definition) is 1. The first-order valence-electron chi connectivity index (χ1n) is 7.49. The van der Waals surface area contributed by atoms with E-state index in [0.717, 1.165) is 14.9 Å². The fraction of sp³-hybridized carbons (Fsp3) is 0.222. The Hall–Kier alpha value is -1.86. The number of aryl methyl sites for hydroxylation is 1. The number of thioether (sulfide) groups is 1. The molecule has 0 aliphatic heterocycles. The highest BCUT2D eigenvalue weighted by Gasteiger charge is 2.27. The van der Waals surface area contributed by atoms with Gasteiger partial charge in [0, 0.05) is 16.4 Å². The lowest BCUT2D eigenvalue weighted by Gasteiger charge is -2.26. The molecule has 2 amide bonds.